The van der Waals surface area contributed by atoms with Gasteiger partial charge in [0.1, 0.15) is 19.3 Å². The van der Waals surface area contributed by atoms with E-state index in [0.29, 0.717) is 37.5 Å². The van der Waals surface area contributed by atoms with Gasteiger partial charge < -0.3 is 33.8 Å². The van der Waals surface area contributed by atoms with Crippen molar-refractivity contribution >= 4 is 39.5 Å². The first-order valence-corrected chi connectivity index (χ1v) is 38.7. The molecule has 524 valence electrons. The standard InChI is InChI=1S/C70H132O17P2/c1-8-9-10-11-12-13-14-15-16-17-22-25-30-39-46-53-69(74)86-65(57-80-67(72)51-44-37-29-24-21-19-18-20-23-27-34-41-48-61(2)3)59-84-88(76,77)82-55-64(71)56-83-89(78,79)85-60-66(58-81-68(73)52-45-38-33-32-36-43-50-63(6)7)87-70(75)54-47-40-31-26-28-35-42-49-62(4)5/h13-16,61-66,71H,8-12,17-60H2,1-7H3,(H,76,77)(H,78,79)/b14-13-,16-15-/t64-,65-,66-/m1/s1. The van der Waals surface area contributed by atoms with Gasteiger partial charge in [0.05, 0.1) is 26.4 Å². The van der Waals surface area contributed by atoms with Gasteiger partial charge in [0.15, 0.2) is 12.2 Å². The topological polar surface area (TPSA) is 237 Å². The largest absolute Gasteiger partial charge is 0.472 e. The van der Waals surface area contributed by atoms with Gasteiger partial charge in [-0.25, -0.2) is 9.13 Å². The molecule has 3 N–H and O–H groups in total. The SMILES string of the molecule is CCCCCC/C=C\C=C/CCCCCCCC(=O)O[C@H](COC(=O)CCCCCCCCCCCCCCC(C)C)COP(=O)(O)OC[C@@H](O)COP(=O)(O)OC[C@@H](COC(=O)CCCCCCCCC(C)C)OC(=O)CCCCCCCCCC(C)C. The van der Waals surface area contributed by atoms with Crippen LogP contribution in [0.1, 0.15) is 325 Å². The number of hydrogen-bond donors (Lipinski definition) is 3. The van der Waals surface area contributed by atoms with Crippen molar-refractivity contribution in [3.05, 3.63) is 24.3 Å². The van der Waals surface area contributed by atoms with Crippen molar-refractivity contribution in [2.24, 2.45) is 17.8 Å². The first-order chi connectivity index (χ1) is 42.7. The first-order valence-electron chi connectivity index (χ1n) is 35.7. The molecule has 0 radical (unpaired) electrons. The van der Waals surface area contributed by atoms with Gasteiger partial charge in [-0.3, -0.25) is 37.3 Å². The van der Waals surface area contributed by atoms with Crippen LogP contribution in [0, 0.1) is 17.8 Å². The van der Waals surface area contributed by atoms with Crippen LogP contribution in [-0.4, -0.2) is 96.7 Å². The average molecular weight is 1310 g/mol. The summed E-state index contributed by atoms with van der Waals surface area (Å²) in [6, 6.07) is 0. The Bertz CT molecular complexity index is 1840. The van der Waals surface area contributed by atoms with Crippen LogP contribution in [0.4, 0.5) is 0 Å². The molecule has 0 heterocycles. The van der Waals surface area contributed by atoms with E-state index in [2.05, 4.69) is 72.8 Å². The maximum Gasteiger partial charge on any atom is 0.472 e. The average Bonchev–Trinajstić information content (AvgIpc) is 3.67. The molecule has 0 rings (SSSR count). The summed E-state index contributed by atoms with van der Waals surface area (Å²) in [6.45, 7) is 11.6. The highest BCUT2D eigenvalue weighted by Crippen LogP contribution is 2.45. The minimum atomic E-state index is -4.96. The van der Waals surface area contributed by atoms with Gasteiger partial charge in [-0.15, -0.1) is 0 Å². The van der Waals surface area contributed by atoms with Gasteiger partial charge in [-0.05, 0) is 69.1 Å². The number of hydrogen-bond acceptors (Lipinski definition) is 15. The van der Waals surface area contributed by atoms with E-state index in [1.807, 2.05) is 0 Å². The van der Waals surface area contributed by atoms with E-state index < -0.39 is 97.5 Å². The first kappa shape index (κ1) is 86.5. The van der Waals surface area contributed by atoms with Crippen LogP contribution in [-0.2, 0) is 65.4 Å². The van der Waals surface area contributed by atoms with Crippen LogP contribution in [0.15, 0.2) is 24.3 Å². The Morgan fingerprint density at radius 3 is 0.910 bits per heavy atom. The summed E-state index contributed by atoms with van der Waals surface area (Å²) in [5.41, 5.74) is 0. The molecular weight excluding hydrogens is 1170 g/mol. The van der Waals surface area contributed by atoms with Gasteiger partial charge in [-0.1, -0.05) is 272 Å². The molecule has 2 unspecified atom stereocenters. The van der Waals surface area contributed by atoms with Crippen molar-refractivity contribution < 1.29 is 80.2 Å². The quantitative estimate of drug-likeness (QED) is 0.0169. The molecule has 0 saturated carbocycles. The van der Waals surface area contributed by atoms with Crippen LogP contribution in [0.3, 0.4) is 0 Å². The summed E-state index contributed by atoms with van der Waals surface area (Å²) < 4.78 is 68.2. The van der Waals surface area contributed by atoms with Crippen LogP contribution in [0.25, 0.3) is 0 Å². The van der Waals surface area contributed by atoms with Crippen molar-refractivity contribution in [1.82, 2.24) is 0 Å². The number of carbonyl (C=O) groups excluding carboxylic acids is 4. The number of aliphatic hydroxyl groups is 1. The van der Waals surface area contributed by atoms with Crippen molar-refractivity contribution in [2.75, 3.05) is 39.6 Å². The maximum atomic E-state index is 13.0. The number of unbranched alkanes of at least 4 members (excludes halogenated alkanes) is 31. The molecule has 0 amide bonds. The Hall–Kier alpha value is -2.46. The number of rotatable bonds is 66. The second-order valence-corrected chi connectivity index (χ2v) is 28.9. The molecule has 17 nitrogen and oxygen atoms in total. The van der Waals surface area contributed by atoms with Crippen molar-refractivity contribution in [2.45, 2.75) is 343 Å². The lowest BCUT2D eigenvalue weighted by Crippen LogP contribution is -2.30. The number of phosphoric ester groups is 2. The lowest BCUT2D eigenvalue weighted by molar-refractivity contribution is -0.161. The zero-order chi connectivity index (χ0) is 65.9. The van der Waals surface area contributed by atoms with Gasteiger partial charge in [-0.2, -0.15) is 0 Å². The van der Waals surface area contributed by atoms with Crippen molar-refractivity contribution in [3.63, 3.8) is 0 Å². The number of carbonyl (C=O) groups is 4. The van der Waals surface area contributed by atoms with E-state index in [4.69, 9.17) is 37.0 Å². The summed E-state index contributed by atoms with van der Waals surface area (Å²) in [6.07, 6.45) is 46.9. The lowest BCUT2D eigenvalue weighted by Gasteiger charge is -2.21. The molecule has 19 heteroatoms. The highest BCUT2D eigenvalue weighted by atomic mass is 31.2. The molecule has 0 bridgehead atoms. The maximum absolute atomic E-state index is 13.0. The highest BCUT2D eigenvalue weighted by molar-refractivity contribution is 7.47. The third-order valence-corrected chi connectivity index (χ3v) is 17.4. The van der Waals surface area contributed by atoms with Crippen LogP contribution in [0.2, 0.25) is 0 Å². The zero-order valence-corrected chi connectivity index (χ0v) is 59.2. The smallest absolute Gasteiger partial charge is 0.462 e. The lowest BCUT2D eigenvalue weighted by atomic mass is 10.0. The van der Waals surface area contributed by atoms with Gasteiger partial charge in [0, 0.05) is 25.7 Å². The van der Waals surface area contributed by atoms with Crippen LogP contribution in [0.5, 0.6) is 0 Å². The molecule has 0 aliphatic carbocycles. The molecule has 89 heavy (non-hydrogen) atoms. The predicted molar refractivity (Wildman–Crippen MR) is 358 cm³/mol. The number of allylic oxidation sites excluding steroid dienone is 4. The van der Waals surface area contributed by atoms with E-state index >= 15 is 0 Å². The Labute approximate surface area is 542 Å². The highest BCUT2D eigenvalue weighted by Gasteiger charge is 2.30. The zero-order valence-electron chi connectivity index (χ0n) is 57.4. The van der Waals surface area contributed by atoms with Gasteiger partial charge in [0.25, 0.3) is 0 Å². The molecule has 5 atom stereocenters. The number of phosphoric acid groups is 2. The van der Waals surface area contributed by atoms with E-state index in [0.717, 1.165) is 115 Å². The monoisotopic (exact) mass is 1310 g/mol. The number of ether oxygens (including phenoxy) is 4. The van der Waals surface area contributed by atoms with E-state index in [9.17, 15) is 43.2 Å². The Balaban J connectivity index is 5.27. The number of aliphatic hydroxyl groups excluding tert-OH is 1. The molecule has 0 aromatic carbocycles. The summed E-state index contributed by atoms with van der Waals surface area (Å²) in [5.74, 6) is -0.0102. The second kappa shape index (κ2) is 60.5. The third-order valence-electron chi connectivity index (χ3n) is 15.5. The fourth-order valence-electron chi connectivity index (χ4n) is 10.0. The van der Waals surface area contributed by atoms with E-state index in [1.54, 1.807) is 0 Å². The normalized spacial score (nSPS) is 14.4. The number of esters is 4. The summed E-state index contributed by atoms with van der Waals surface area (Å²) in [5, 5.41) is 10.6. The minimum absolute atomic E-state index is 0.0844. The summed E-state index contributed by atoms with van der Waals surface area (Å²) in [4.78, 5) is 72.4. The summed E-state index contributed by atoms with van der Waals surface area (Å²) >= 11 is 0. The molecule has 0 aliphatic heterocycles. The molecule has 0 aliphatic rings. The Morgan fingerprint density at radius 1 is 0.348 bits per heavy atom. The van der Waals surface area contributed by atoms with E-state index in [1.165, 1.54) is 116 Å². The molecule has 0 fully saturated rings. The van der Waals surface area contributed by atoms with Crippen molar-refractivity contribution in [3.8, 4) is 0 Å². The van der Waals surface area contributed by atoms with E-state index in [-0.39, 0.29) is 25.7 Å². The van der Waals surface area contributed by atoms with Crippen LogP contribution >= 0.6 is 15.6 Å². The second-order valence-electron chi connectivity index (χ2n) is 26.0. The van der Waals surface area contributed by atoms with Gasteiger partial charge in [0.2, 0.25) is 0 Å². The Kier molecular flexibility index (Phi) is 58.8. The van der Waals surface area contributed by atoms with Crippen molar-refractivity contribution in [1.29, 1.82) is 0 Å². The molecule has 0 saturated heterocycles. The fraction of sp³-hybridized carbons (Fsp3) is 0.886. The molecule has 0 spiro atoms. The molecule has 0 aromatic heterocycles. The third kappa shape index (κ3) is 64.1. The minimum Gasteiger partial charge on any atom is -0.462 e. The van der Waals surface area contributed by atoms with Gasteiger partial charge >= 0.3 is 39.5 Å². The fourth-order valence-corrected chi connectivity index (χ4v) is 11.6. The Morgan fingerprint density at radius 2 is 0.607 bits per heavy atom. The summed E-state index contributed by atoms with van der Waals surface area (Å²) in [7, 11) is -9.91. The molecule has 0 aromatic rings. The predicted octanol–water partition coefficient (Wildman–Crippen LogP) is 19.4. The van der Waals surface area contributed by atoms with Crippen LogP contribution < -0.4 is 0 Å². The molecular formula is C70H132O17P2.